The van der Waals surface area contributed by atoms with Crippen molar-refractivity contribution >= 4 is 17.6 Å². The van der Waals surface area contributed by atoms with Crippen molar-refractivity contribution in [3.05, 3.63) is 52.3 Å². The highest BCUT2D eigenvalue weighted by molar-refractivity contribution is 6.31. The first-order valence-electron chi connectivity index (χ1n) is 7.17. The van der Waals surface area contributed by atoms with E-state index in [0.717, 1.165) is 24.1 Å². The molecule has 1 heterocycles. The summed E-state index contributed by atoms with van der Waals surface area (Å²) in [5.41, 5.74) is 2.57. The summed E-state index contributed by atoms with van der Waals surface area (Å²) in [6, 6.07) is 7.70. The molecule has 1 fully saturated rings. The number of hydrogen-bond acceptors (Lipinski definition) is 3. The van der Waals surface area contributed by atoms with Gasteiger partial charge >= 0.3 is 5.97 Å². The second kappa shape index (κ2) is 5.90. The summed E-state index contributed by atoms with van der Waals surface area (Å²) < 4.78 is 7.00. The number of hydrogen-bond donors (Lipinski definition) is 0. The van der Waals surface area contributed by atoms with E-state index in [1.165, 1.54) is 0 Å². The molecular weight excluding hydrogens is 288 g/mol. The number of rotatable bonds is 5. The van der Waals surface area contributed by atoms with E-state index in [2.05, 4.69) is 5.10 Å². The summed E-state index contributed by atoms with van der Waals surface area (Å²) >= 11 is 6.21. The van der Waals surface area contributed by atoms with Gasteiger partial charge < -0.3 is 4.74 Å². The van der Waals surface area contributed by atoms with E-state index < -0.39 is 0 Å². The van der Waals surface area contributed by atoms with Crippen LogP contribution >= 0.6 is 11.6 Å². The maximum Gasteiger partial charge on any atom is 0.341 e. The van der Waals surface area contributed by atoms with Crippen LogP contribution in [0.1, 0.15) is 47.3 Å². The number of nitrogens with zero attached hydrogens (tertiary/aromatic N) is 2. The third-order valence-electron chi connectivity index (χ3n) is 3.62. The highest BCUT2D eigenvalue weighted by Crippen LogP contribution is 2.42. The highest BCUT2D eigenvalue weighted by atomic mass is 35.5. The predicted molar refractivity (Wildman–Crippen MR) is 80.7 cm³/mol. The van der Waals surface area contributed by atoms with E-state index in [4.69, 9.17) is 16.3 Å². The van der Waals surface area contributed by atoms with E-state index >= 15 is 0 Å². The Kier molecular flexibility index (Phi) is 3.97. The van der Waals surface area contributed by atoms with Gasteiger partial charge in [0.15, 0.2) is 0 Å². The Morgan fingerprint density at radius 2 is 2.19 bits per heavy atom. The zero-order valence-electron chi connectivity index (χ0n) is 11.9. The molecule has 2 aromatic rings. The summed E-state index contributed by atoms with van der Waals surface area (Å²) in [4.78, 5) is 12.0. The van der Waals surface area contributed by atoms with Gasteiger partial charge in [0.2, 0.25) is 0 Å². The lowest BCUT2D eigenvalue weighted by molar-refractivity contribution is 0.0525. The van der Waals surface area contributed by atoms with Crippen molar-refractivity contribution in [3.8, 4) is 0 Å². The van der Waals surface area contributed by atoms with Crippen LogP contribution in [0.25, 0.3) is 0 Å². The van der Waals surface area contributed by atoms with E-state index in [1.807, 2.05) is 35.9 Å². The van der Waals surface area contributed by atoms with Crippen molar-refractivity contribution in [2.45, 2.75) is 32.2 Å². The van der Waals surface area contributed by atoms with Crippen molar-refractivity contribution in [2.75, 3.05) is 6.61 Å². The molecule has 0 atom stereocenters. The van der Waals surface area contributed by atoms with Gasteiger partial charge in [-0.1, -0.05) is 29.8 Å². The van der Waals surface area contributed by atoms with Crippen molar-refractivity contribution < 1.29 is 9.53 Å². The molecule has 1 aromatic carbocycles. The summed E-state index contributed by atoms with van der Waals surface area (Å²) in [5, 5.41) is 5.09. The Morgan fingerprint density at radius 3 is 2.86 bits per heavy atom. The van der Waals surface area contributed by atoms with Crippen molar-refractivity contribution in [2.24, 2.45) is 0 Å². The molecule has 0 spiro atoms. The second-order valence-corrected chi connectivity index (χ2v) is 5.59. The SMILES string of the molecule is CCOC(=O)c1cnn(Cc2ccccc2Cl)c1C1CC1. The van der Waals surface area contributed by atoms with Crippen molar-refractivity contribution in [1.82, 2.24) is 9.78 Å². The molecule has 0 bridgehead atoms. The molecule has 1 saturated carbocycles. The molecule has 0 unspecified atom stereocenters. The van der Waals surface area contributed by atoms with E-state index in [0.29, 0.717) is 29.7 Å². The molecule has 1 aliphatic rings. The van der Waals surface area contributed by atoms with Crippen molar-refractivity contribution in [3.63, 3.8) is 0 Å². The fraction of sp³-hybridized carbons (Fsp3) is 0.375. The van der Waals surface area contributed by atoms with Crippen LogP contribution in [0.5, 0.6) is 0 Å². The monoisotopic (exact) mass is 304 g/mol. The number of carbonyl (C=O) groups is 1. The molecule has 0 aliphatic heterocycles. The average Bonchev–Trinajstić information content (AvgIpc) is 3.22. The van der Waals surface area contributed by atoms with Gasteiger partial charge in [0.1, 0.15) is 5.56 Å². The lowest BCUT2D eigenvalue weighted by Crippen LogP contribution is -2.11. The molecule has 3 rings (SSSR count). The molecule has 0 amide bonds. The Morgan fingerprint density at radius 1 is 1.43 bits per heavy atom. The van der Waals surface area contributed by atoms with Gasteiger partial charge in [0, 0.05) is 10.9 Å². The first-order chi connectivity index (χ1) is 10.2. The van der Waals surface area contributed by atoms with Gasteiger partial charge in [0.05, 0.1) is 25.0 Å². The van der Waals surface area contributed by atoms with Gasteiger partial charge in [-0.05, 0) is 31.4 Å². The smallest absolute Gasteiger partial charge is 0.341 e. The number of benzene rings is 1. The quantitative estimate of drug-likeness (QED) is 0.792. The van der Waals surface area contributed by atoms with Gasteiger partial charge in [-0.2, -0.15) is 5.10 Å². The zero-order valence-corrected chi connectivity index (χ0v) is 12.6. The molecule has 4 nitrogen and oxygen atoms in total. The van der Waals surface area contributed by atoms with Crippen LogP contribution in [0.2, 0.25) is 5.02 Å². The van der Waals surface area contributed by atoms with Crippen LogP contribution in [-0.2, 0) is 11.3 Å². The minimum Gasteiger partial charge on any atom is -0.462 e. The maximum atomic E-state index is 12.0. The molecule has 0 N–H and O–H groups in total. The Hall–Kier alpha value is -1.81. The van der Waals surface area contributed by atoms with Gasteiger partial charge in [-0.3, -0.25) is 4.68 Å². The third-order valence-corrected chi connectivity index (χ3v) is 3.99. The van der Waals surface area contributed by atoms with Crippen LogP contribution in [0, 0.1) is 0 Å². The molecule has 1 aromatic heterocycles. The van der Waals surface area contributed by atoms with Crippen LogP contribution in [-0.4, -0.2) is 22.4 Å². The fourth-order valence-electron chi connectivity index (χ4n) is 2.46. The number of halogens is 1. The maximum absolute atomic E-state index is 12.0. The van der Waals surface area contributed by atoms with Gasteiger partial charge in [0.25, 0.3) is 0 Å². The Labute approximate surface area is 128 Å². The number of ether oxygens (including phenoxy) is 1. The number of carbonyl (C=O) groups excluding carboxylic acids is 1. The van der Waals surface area contributed by atoms with Crippen LogP contribution in [0.15, 0.2) is 30.5 Å². The molecule has 5 heteroatoms. The molecule has 0 radical (unpaired) electrons. The molecule has 0 saturated heterocycles. The molecule has 110 valence electrons. The fourth-order valence-corrected chi connectivity index (χ4v) is 2.66. The standard InChI is InChI=1S/C16H17ClN2O2/c1-2-21-16(20)13-9-18-19(15(13)11-7-8-11)10-12-5-3-4-6-14(12)17/h3-6,9,11H,2,7-8,10H2,1H3. The second-order valence-electron chi connectivity index (χ2n) is 5.19. The summed E-state index contributed by atoms with van der Waals surface area (Å²) in [6.45, 7) is 2.76. The lowest BCUT2D eigenvalue weighted by Gasteiger charge is -2.10. The van der Waals surface area contributed by atoms with E-state index in [9.17, 15) is 4.79 Å². The lowest BCUT2D eigenvalue weighted by atomic mass is 10.1. The number of aromatic nitrogens is 2. The first kappa shape index (κ1) is 14.1. The van der Waals surface area contributed by atoms with Gasteiger partial charge in [-0.15, -0.1) is 0 Å². The summed E-state index contributed by atoms with van der Waals surface area (Å²) in [7, 11) is 0. The van der Waals surface area contributed by atoms with Crippen molar-refractivity contribution in [1.29, 1.82) is 0 Å². The van der Waals surface area contributed by atoms with Crippen LogP contribution in [0.4, 0.5) is 0 Å². The predicted octanol–water partition coefficient (Wildman–Crippen LogP) is 3.64. The molecule has 21 heavy (non-hydrogen) atoms. The van der Waals surface area contributed by atoms with E-state index in [-0.39, 0.29) is 5.97 Å². The van der Waals surface area contributed by atoms with Crippen LogP contribution in [0.3, 0.4) is 0 Å². The highest BCUT2D eigenvalue weighted by Gasteiger charge is 2.33. The Balaban J connectivity index is 1.92. The first-order valence-corrected chi connectivity index (χ1v) is 7.54. The minimum absolute atomic E-state index is 0.287. The topological polar surface area (TPSA) is 44.1 Å². The van der Waals surface area contributed by atoms with Gasteiger partial charge in [-0.25, -0.2) is 4.79 Å². The third kappa shape index (κ3) is 2.95. The Bertz CT molecular complexity index is 662. The molecular formula is C16H17ClN2O2. The summed E-state index contributed by atoms with van der Waals surface area (Å²) in [6.07, 6.45) is 3.81. The normalized spacial score (nSPS) is 14.2. The largest absolute Gasteiger partial charge is 0.462 e. The van der Waals surface area contributed by atoms with E-state index in [1.54, 1.807) is 6.20 Å². The molecule has 1 aliphatic carbocycles. The zero-order chi connectivity index (χ0) is 14.8. The summed E-state index contributed by atoms with van der Waals surface area (Å²) in [5.74, 6) is 0.124. The minimum atomic E-state index is -0.287. The number of esters is 1. The van der Waals surface area contributed by atoms with Crippen LogP contribution < -0.4 is 0 Å². The average molecular weight is 305 g/mol.